The number of carbonyl (C=O) groups is 1. The second-order valence-electron chi connectivity index (χ2n) is 5.24. The maximum atomic E-state index is 12.9. The van der Waals surface area contributed by atoms with Crippen LogP contribution >= 0.6 is 0 Å². The third kappa shape index (κ3) is 3.25. The van der Waals surface area contributed by atoms with Gasteiger partial charge in [-0.3, -0.25) is 4.79 Å². The van der Waals surface area contributed by atoms with Gasteiger partial charge in [0.2, 0.25) is 15.9 Å². The number of hydrogen-bond donors (Lipinski definition) is 1. The van der Waals surface area contributed by atoms with Crippen molar-refractivity contribution in [2.24, 2.45) is 0 Å². The summed E-state index contributed by atoms with van der Waals surface area (Å²) in [5, 5.41) is 0. The lowest BCUT2D eigenvalue weighted by Crippen LogP contribution is -2.41. The van der Waals surface area contributed by atoms with Gasteiger partial charge in [0, 0.05) is 12.2 Å². The first-order valence-corrected chi connectivity index (χ1v) is 8.60. The van der Waals surface area contributed by atoms with E-state index in [1.165, 1.54) is 12.1 Å². The van der Waals surface area contributed by atoms with E-state index in [0.29, 0.717) is 13.0 Å². The van der Waals surface area contributed by atoms with E-state index in [0.717, 1.165) is 17.8 Å². The van der Waals surface area contributed by atoms with Gasteiger partial charge in [-0.05, 0) is 42.8 Å². The van der Waals surface area contributed by atoms with Crippen molar-refractivity contribution < 1.29 is 17.6 Å². The van der Waals surface area contributed by atoms with Crippen molar-refractivity contribution in [1.29, 1.82) is 0 Å². The van der Waals surface area contributed by atoms with Gasteiger partial charge < -0.3 is 4.90 Å². The number of amides is 1. The van der Waals surface area contributed by atoms with Crippen molar-refractivity contribution in [1.82, 2.24) is 4.72 Å². The number of rotatable bonds is 4. The maximum absolute atomic E-state index is 12.9. The Morgan fingerprint density at radius 3 is 2.35 bits per heavy atom. The molecule has 0 unspecified atom stereocenters. The van der Waals surface area contributed by atoms with Crippen molar-refractivity contribution in [3.8, 4) is 0 Å². The monoisotopic (exact) mass is 334 g/mol. The van der Waals surface area contributed by atoms with Gasteiger partial charge in [0.1, 0.15) is 11.9 Å². The first-order valence-electron chi connectivity index (χ1n) is 7.12. The van der Waals surface area contributed by atoms with E-state index in [2.05, 4.69) is 4.72 Å². The molecule has 5 nitrogen and oxygen atoms in total. The molecule has 0 aliphatic carbocycles. The van der Waals surface area contributed by atoms with Crippen LogP contribution < -0.4 is 9.62 Å². The van der Waals surface area contributed by atoms with Crippen molar-refractivity contribution in [2.45, 2.75) is 17.4 Å². The molecule has 1 saturated heterocycles. The molecule has 0 aromatic heterocycles. The van der Waals surface area contributed by atoms with Crippen LogP contribution in [0.25, 0.3) is 0 Å². The highest BCUT2D eigenvalue weighted by Crippen LogP contribution is 2.22. The summed E-state index contributed by atoms with van der Waals surface area (Å²) in [5.41, 5.74) is 0.737. The first kappa shape index (κ1) is 15.6. The summed E-state index contributed by atoms with van der Waals surface area (Å²) in [6.07, 6.45) is 0.383. The number of sulfonamides is 1. The van der Waals surface area contributed by atoms with Gasteiger partial charge in [-0.2, -0.15) is 4.72 Å². The van der Waals surface area contributed by atoms with Crippen LogP contribution in [0.4, 0.5) is 10.1 Å². The minimum absolute atomic E-state index is 0.0649. The van der Waals surface area contributed by atoms with Gasteiger partial charge >= 0.3 is 0 Å². The van der Waals surface area contributed by atoms with Crippen LogP contribution in [0.5, 0.6) is 0 Å². The zero-order valence-corrected chi connectivity index (χ0v) is 13.0. The van der Waals surface area contributed by atoms with Crippen LogP contribution in [-0.4, -0.2) is 26.9 Å². The zero-order chi connectivity index (χ0) is 16.4. The molecule has 0 spiro atoms. The normalized spacial score (nSPS) is 18.4. The number of halogens is 1. The molecule has 7 heteroatoms. The largest absolute Gasteiger partial charge is 0.311 e. The van der Waals surface area contributed by atoms with Crippen molar-refractivity contribution in [2.75, 3.05) is 11.4 Å². The molecule has 1 fully saturated rings. The third-order valence-corrected chi connectivity index (χ3v) is 5.18. The average Bonchev–Trinajstić information content (AvgIpc) is 2.89. The molecule has 2 aromatic rings. The van der Waals surface area contributed by atoms with Crippen molar-refractivity contribution in [3.05, 3.63) is 60.4 Å². The molecule has 1 N–H and O–H groups in total. The van der Waals surface area contributed by atoms with Crippen molar-refractivity contribution in [3.63, 3.8) is 0 Å². The van der Waals surface area contributed by atoms with E-state index in [4.69, 9.17) is 0 Å². The summed E-state index contributed by atoms with van der Waals surface area (Å²) < 4.78 is 39.9. The summed E-state index contributed by atoms with van der Waals surface area (Å²) in [6.45, 7) is 0.444. The highest BCUT2D eigenvalue weighted by Gasteiger charge is 2.35. The van der Waals surface area contributed by atoms with Crippen LogP contribution in [0.2, 0.25) is 0 Å². The fourth-order valence-corrected chi connectivity index (χ4v) is 3.75. The number of anilines is 1. The fourth-order valence-electron chi connectivity index (χ4n) is 2.52. The Balaban J connectivity index is 1.76. The predicted molar refractivity (Wildman–Crippen MR) is 83.9 cm³/mol. The fraction of sp³-hybridized carbons (Fsp3) is 0.188. The molecule has 1 aliphatic rings. The number of nitrogens with one attached hydrogen (secondary N) is 1. The number of hydrogen-bond acceptors (Lipinski definition) is 3. The number of nitrogens with zero attached hydrogens (tertiary/aromatic N) is 1. The molecular weight excluding hydrogens is 319 g/mol. The Bertz CT molecular complexity index is 807. The Morgan fingerprint density at radius 2 is 1.70 bits per heavy atom. The topological polar surface area (TPSA) is 66.5 Å². The van der Waals surface area contributed by atoms with Gasteiger partial charge in [-0.15, -0.1) is 0 Å². The maximum Gasteiger partial charge on any atom is 0.245 e. The minimum Gasteiger partial charge on any atom is -0.311 e. The van der Waals surface area contributed by atoms with E-state index >= 15 is 0 Å². The summed E-state index contributed by atoms with van der Waals surface area (Å²) >= 11 is 0. The standard InChI is InChI=1S/C16H15FN2O3S/c17-12-6-8-14(9-7-12)23(21,22)18-15-10-11-19(16(15)20)13-4-2-1-3-5-13/h1-9,15,18H,10-11H2/t15-/m1/s1. The van der Waals surface area contributed by atoms with E-state index in [9.17, 15) is 17.6 Å². The van der Waals surface area contributed by atoms with E-state index in [-0.39, 0.29) is 10.8 Å². The van der Waals surface area contributed by atoms with Gasteiger partial charge in [0.15, 0.2) is 0 Å². The molecule has 3 rings (SSSR count). The van der Waals surface area contributed by atoms with Gasteiger partial charge in [0.05, 0.1) is 4.90 Å². The van der Waals surface area contributed by atoms with E-state index < -0.39 is 21.9 Å². The molecule has 0 saturated carbocycles. The highest BCUT2D eigenvalue weighted by molar-refractivity contribution is 7.89. The Hall–Kier alpha value is -2.25. The van der Waals surface area contributed by atoms with Crippen LogP contribution in [0.3, 0.4) is 0 Å². The first-order chi connectivity index (χ1) is 11.0. The molecule has 120 valence electrons. The lowest BCUT2D eigenvalue weighted by atomic mass is 10.3. The Morgan fingerprint density at radius 1 is 1.04 bits per heavy atom. The quantitative estimate of drug-likeness (QED) is 0.929. The summed E-state index contributed by atoms with van der Waals surface area (Å²) in [4.78, 5) is 13.9. The lowest BCUT2D eigenvalue weighted by molar-refractivity contribution is -0.118. The summed E-state index contributed by atoms with van der Waals surface area (Å²) in [7, 11) is -3.86. The SMILES string of the molecule is O=C1[C@H](NS(=O)(=O)c2ccc(F)cc2)CCN1c1ccccc1. The molecule has 1 atom stereocenters. The number of benzene rings is 2. The number of para-hydroxylation sites is 1. The zero-order valence-electron chi connectivity index (χ0n) is 12.1. The molecule has 23 heavy (non-hydrogen) atoms. The molecule has 1 amide bonds. The summed E-state index contributed by atoms with van der Waals surface area (Å²) in [5.74, 6) is -0.807. The van der Waals surface area contributed by atoms with Gasteiger partial charge in [0.25, 0.3) is 0 Å². The smallest absolute Gasteiger partial charge is 0.245 e. The predicted octanol–water partition coefficient (Wildman–Crippen LogP) is 1.91. The molecule has 1 aliphatic heterocycles. The van der Waals surface area contributed by atoms with Gasteiger partial charge in [-0.1, -0.05) is 18.2 Å². The molecule has 2 aromatic carbocycles. The molecular formula is C16H15FN2O3S. The Labute approximate surface area is 133 Å². The van der Waals surface area contributed by atoms with Crippen LogP contribution in [-0.2, 0) is 14.8 Å². The average molecular weight is 334 g/mol. The van der Waals surface area contributed by atoms with E-state index in [1.807, 2.05) is 18.2 Å². The van der Waals surface area contributed by atoms with Crippen LogP contribution in [0, 0.1) is 5.82 Å². The second-order valence-corrected chi connectivity index (χ2v) is 6.96. The molecule has 0 radical (unpaired) electrons. The minimum atomic E-state index is -3.86. The van der Waals surface area contributed by atoms with Crippen LogP contribution in [0.15, 0.2) is 59.5 Å². The summed E-state index contributed by atoms with van der Waals surface area (Å²) in [6, 6.07) is 12.8. The molecule has 0 bridgehead atoms. The Kier molecular flexibility index (Phi) is 4.14. The van der Waals surface area contributed by atoms with Crippen LogP contribution in [0.1, 0.15) is 6.42 Å². The lowest BCUT2D eigenvalue weighted by Gasteiger charge is -2.17. The highest BCUT2D eigenvalue weighted by atomic mass is 32.2. The van der Waals surface area contributed by atoms with Crippen molar-refractivity contribution >= 4 is 21.6 Å². The molecule has 1 heterocycles. The second kappa shape index (κ2) is 6.10. The van der Waals surface area contributed by atoms with E-state index in [1.54, 1.807) is 17.0 Å². The van der Waals surface area contributed by atoms with Gasteiger partial charge in [-0.25, -0.2) is 12.8 Å². The third-order valence-electron chi connectivity index (χ3n) is 3.69. The number of carbonyl (C=O) groups excluding carboxylic acids is 1.